The standard InChI is InChI=1S/C12H14FN3O/c1-8-12(9(2)17-16-8)7-15-5-10-3-11(13)6-14-4-10/h3-4,6,15H,5,7H2,1-2H3. The minimum atomic E-state index is -0.318. The zero-order valence-corrected chi connectivity index (χ0v) is 9.83. The normalized spacial score (nSPS) is 10.8. The molecule has 2 aromatic rings. The van der Waals surface area contributed by atoms with Crippen molar-refractivity contribution in [2.75, 3.05) is 0 Å². The molecule has 2 aromatic heterocycles. The summed E-state index contributed by atoms with van der Waals surface area (Å²) in [6, 6.07) is 1.47. The highest BCUT2D eigenvalue weighted by Crippen LogP contribution is 2.11. The smallest absolute Gasteiger partial charge is 0.141 e. The van der Waals surface area contributed by atoms with Crippen LogP contribution in [0.25, 0.3) is 0 Å². The fraction of sp³-hybridized carbons (Fsp3) is 0.333. The highest BCUT2D eigenvalue weighted by atomic mass is 19.1. The number of pyridine rings is 1. The summed E-state index contributed by atoms with van der Waals surface area (Å²) >= 11 is 0. The first-order chi connectivity index (χ1) is 8.16. The molecular formula is C12H14FN3O. The molecule has 0 aromatic carbocycles. The summed E-state index contributed by atoms with van der Waals surface area (Å²) in [5.74, 6) is 0.494. The molecule has 0 aliphatic carbocycles. The maximum atomic E-state index is 12.9. The van der Waals surface area contributed by atoms with E-state index >= 15 is 0 Å². The van der Waals surface area contributed by atoms with Gasteiger partial charge in [-0.1, -0.05) is 5.16 Å². The second kappa shape index (κ2) is 5.05. The van der Waals surface area contributed by atoms with Gasteiger partial charge in [-0.2, -0.15) is 0 Å². The van der Waals surface area contributed by atoms with E-state index < -0.39 is 0 Å². The molecule has 0 unspecified atom stereocenters. The van der Waals surface area contributed by atoms with Crippen molar-refractivity contribution in [3.63, 3.8) is 0 Å². The lowest BCUT2D eigenvalue weighted by Gasteiger charge is -2.04. The van der Waals surface area contributed by atoms with Gasteiger partial charge in [-0.15, -0.1) is 0 Å². The number of nitrogens with zero attached hydrogens (tertiary/aromatic N) is 2. The van der Waals surface area contributed by atoms with E-state index in [-0.39, 0.29) is 5.82 Å². The number of nitrogens with one attached hydrogen (secondary N) is 1. The highest BCUT2D eigenvalue weighted by molar-refractivity contribution is 5.20. The van der Waals surface area contributed by atoms with E-state index in [1.807, 2.05) is 13.8 Å². The third-order valence-corrected chi connectivity index (χ3v) is 2.57. The molecule has 0 spiro atoms. The molecule has 0 saturated carbocycles. The van der Waals surface area contributed by atoms with Crippen molar-refractivity contribution in [2.45, 2.75) is 26.9 Å². The Labute approximate surface area is 98.8 Å². The average Bonchev–Trinajstić information content (AvgIpc) is 2.61. The Kier molecular flexibility index (Phi) is 3.49. The Bertz CT molecular complexity index is 491. The van der Waals surface area contributed by atoms with E-state index in [0.717, 1.165) is 22.6 Å². The lowest BCUT2D eigenvalue weighted by atomic mass is 10.2. The number of halogens is 1. The fourth-order valence-electron chi connectivity index (χ4n) is 1.64. The van der Waals surface area contributed by atoms with Gasteiger partial charge in [-0.3, -0.25) is 4.98 Å². The predicted molar refractivity (Wildman–Crippen MR) is 60.7 cm³/mol. The molecule has 4 nitrogen and oxygen atoms in total. The Morgan fingerprint density at radius 3 is 2.76 bits per heavy atom. The largest absolute Gasteiger partial charge is 0.361 e. The van der Waals surface area contributed by atoms with Crippen molar-refractivity contribution in [1.29, 1.82) is 0 Å². The molecule has 1 N–H and O–H groups in total. The summed E-state index contributed by atoms with van der Waals surface area (Å²) in [5, 5.41) is 7.07. The van der Waals surface area contributed by atoms with Crippen molar-refractivity contribution in [1.82, 2.24) is 15.5 Å². The monoisotopic (exact) mass is 235 g/mol. The number of hydrogen-bond acceptors (Lipinski definition) is 4. The second-order valence-electron chi connectivity index (χ2n) is 3.92. The van der Waals surface area contributed by atoms with Crippen LogP contribution in [0.1, 0.15) is 22.6 Å². The van der Waals surface area contributed by atoms with Gasteiger partial charge < -0.3 is 9.84 Å². The summed E-state index contributed by atoms with van der Waals surface area (Å²) in [5.41, 5.74) is 2.75. The minimum absolute atomic E-state index is 0.318. The summed E-state index contributed by atoms with van der Waals surface area (Å²) in [7, 11) is 0. The molecule has 2 heterocycles. The molecule has 90 valence electrons. The molecule has 0 radical (unpaired) electrons. The van der Waals surface area contributed by atoms with E-state index in [1.165, 1.54) is 12.3 Å². The Balaban J connectivity index is 1.92. The quantitative estimate of drug-likeness (QED) is 0.881. The van der Waals surface area contributed by atoms with Gasteiger partial charge in [0.1, 0.15) is 11.6 Å². The van der Waals surface area contributed by atoms with E-state index in [0.29, 0.717) is 13.1 Å². The van der Waals surface area contributed by atoms with E-state index in [1.54, 1.807) is 6.20 Å². The van der Waals surface area contributed by atoms with Gasteiger partial charge in [0, 0.05) is 24.8 Å². The molecule has 0 bridgehead atoms. The molecule has 0 aliphatic heterocycles. The molecule has 2 rings (SSSR count). The number of aryl methyl sites for hydroxylation is 2. The van der Waals surface area contributed by atoms with Crippen molar-refractivity contribution < 1.29 is 8.91 Å². The van der Waals surface area contributed by atoms with Gasteiger partial charge in [0.2, 0.25) is 0 Å². The van der Waals surface area contributed by atoms with E-state index in [9.17, 15) is 4.39 Å². The van der Waals surface area contributed by atoms with Crippen LogP contribution < -0.4 is 5.32 Å². The first-order valence-electron chi connectivity index (χ1n) is 5.38. The molecule has 0 atom stereocenters. The van der Waals surface area contributed by atoms with Gasteiger partial charge in [-0.05, 0) is 25.5 Å². The third kappa shape index (κ3) is 2.88. The Hall–Kier alpha value is -1.75. The number of rotatable bonds is 4. The molecule has 5 heteroatoms. The first-order valence-corrected chi connectivity index (χ1v) is 5.38. The van der Waals surface area contributed by atoms with Crippen molar-refractivity contribution in [2.24, 2.45) is 0 Å². The van der Waals surface area contributed by atoms with Crippen LogP contribution in [-0.2, 0) is 13.1 Å². The number of aromatic nitrogens is 2. The topological polar surface area (TPSA) is 51.0 Å². The number of hydrogen-bond donors (Lipinski definition) is 1. The predicted octanol–water partition coefficient (Wildman–Crippen LogP) is 2.12. The van der Waals surface area contributed by atoms with Gasteiger partial charge in [0.15, 0.2) is 0 Å². The van der Waals surface area contributed by atoms with Crippen molar-refractivity contribution in [3.8, 4) is 0 Å². The summed E-state index contributed by atoms with van der Waals surface area (Å²) in [6.07, 6.45) is 2.83. The van der Waals surface area contributed by atoms with Crippen LogP contribution in [0.5, 0.6) is 0 Å². The van der Waals surface area contributed by atoms with Gasteiger partial charge >= 0.3 is 0 Å². The first kappa shape index (κ1) is 11.7. The second-order valence-corrected chi connectivity index (χ2v) is 3.92. The van der Waals surface area contributed by atoms with Crippen molar-refractivity contribution in [3.05, 3.63) is 46.9 Å². The van der Waals surface area contributed by atoms with Crippen molar-refractivity contribution >= 4 is 0 Å². The molecule has 0 aliphatic rings. The molecule has 17 heavy (non-hydrogen) atoms. The highest BCUT2D eigenvalue weighted by Gasteiger charge is 2.07. The summed E-state index contributed by atoms with van der Waals surface area (Å²) in [4.78, 5) is 3.79. The SMILES string of the molecule is Cc1noc(C)c1CNCc1cncc(F)c1. The lowest BCUT2D eigenvalue weighted by molar-refractivity contribution is 0.392. The van der Waals surface area contributed by atoms with Gasteiger partial charge in [-0.25, -0.2) is 4.39 Å². The van der Waals surface area contributed by atoms with Crippen LogP contribution in [0, 0.1) is 19.7 Å². The maximum Gasteiger partial charge on any atom is 0.141 e. The van der Waals surface area contributed by atoms with Gasteiger partial charge in [0.05, 0.1) is 11.9 Å². The zero-order valence-electron chi connectivity index (χ0n) is 9.83. The van der Waals surface area contributed by atoms with Crippen LogP contribution in [0.3, 0.4) is 0 Å². The van der Waals surface area contributed by atoms with Crippen LogP contribution in [0.15, 0.2) is 23.0 Å². The summed E-state index contributed by atoms with van der Waals surface area (Å²) < 4.78 is 17.9. The van der Waals surface area contributed by atoms with Gasteiger partial charge in [0.25, 0.3) is 0 Å². The minimum Gasteiger partial charge on any atom is -0.361 e. The maximum absolute atomic E-state index is 12.9. The lowest BCUT2D eigenvalue weighted by Crippen LogP contribution is -2.13. The zero-order chi connectivity index (χ0) is 12.3. The van der Waals surface area contributed by atoms with Crippen LogP contribution >= 0.6 is 0 Å². The fourth-order valence-corrected chi connectivity index (χ4v) is 1.64. The molecular weight excluding hydrogens is 221 g/mol. The summed E-state index contributed by atoms with van der Waals surface area (Å²) in [6.45, 7) is 4.99. The third-order valence-electron chi connectivity index (χ3n) is 2.57. The molecule has 0 fully saturated rings. The van der Waals surface area contributed by atoms with Crippen LogP contribution in [0.4, 0.5) is 4.39 Å². The van der Waals surface area contributed by atoms with E-state index in [4.69, 9.17) is 4.52 Å². The molecule has 0 saturated heterocycles. The van der Waals surface area contributed by atoms with Crippen LogP contribution in [0.2, 0.25) is 0 Å². The molecule has 0 amide bonds. The van der Waals surface area contributed by atoms with E-state index in [2.05, 4.69) is 15.5 Å². The Morgan fingerprint density at radius 2 is 2.12 bits per heavy atom. The average molecular weight is 235 g/mol. The van der Waals surface area contributed by atoms with Crippen LogP contribution in [-0.4, -0.2) is 10.1 Å². The Morgan fingerprint density at radius 1 is 1.29 bits per heavy atom.